The van der Waals surface area contributed by atoms with Gasteiger partial charge in [0, 0.05) is 11.5 Å². The standard InChI is InChI=1S/C21H17ClN4O4/c22-13-7-14-15(8-17(13)30-10-11-5-6-11)24-18(23-14)9-26-16-4-2-1-3-12(16)20(27)19(25-26)21(28)29/h1-4,7-8,11H,5-6,9-10H2,(H,23,24)(H,28,29). The van der Waals surface area contributed by atoms with Gasteiger partial charge in [0.15, 0.2) is 0 Å². The maximum Gasteiger partial charge on any atom is 0.360 e. The summed E-state index contributed by atoms with van der Waals surface area (Å²) in [5, 5.41) is 14.2. The van der Waals surface area contributed by atoms with Crippen LogP contribution in [-0.2, 0) is 6.54 Å². The molecule has 152 valence electrons. The van der Waals surface area contributed by atoms with E-state index in [1.807, 2.05) is 0 Å². The van der Waals surface area contributed by atoms with Gasteiger partial charge in [-0.25, -0.2) is 9.78 Å². The first-order valence-electron chi connectivity index (χ1n) is 9.53. The number of ether oxygens (including phenoxy) is 1. The Labute approximate surface area is 175 Å². The lowest BCUT2D eigenvalue weighted by Gasteiger charge is -2.09. The van der Waals surface area contributed by atoms with E-state index in [1.54, 1.807) is 36.4 Å². The van der Waals surface area contributed by atoms with E-state index in [0.29, 0.717) is 45.5 Å². The van der Waals surface area contributed by atoms with E-state index in [2.05, 4.69) is 15.1 Å². The summed E-state index contributed by atoms with van der Waals surface area (Å²) in [6, 6.07) is 10.3. The zero-order chi connectivity index (χ0) is 20.8. The molecule has 2 aromatic carbocycles. The van der Waals surface area contributed by atoms with Crippen LogP contribution in [0.4, 0.5) is 0 Å². The van der Waals surface area contributed by atoms with Crippen molar-refractivity contribution in [1.29, 1.82) is 0 Å². The summed E-state index contributed by atoms with van der Waals surface area (Å²) in [7, 11) is 0. The van der Waals surface area contributed by atoms with Gasteiger partial charge in [0.2, 0.25) is 11.1 Å². The number of H-pyrrole nitrogens is 1. The van der Waals surface area contributed by atoms with Crippen molar-refractivity contribution in [2.24, 2.45) is 5.92 Å². The summed E-state index contributed by atoms with van der Waals surface area (Å²) in [6.07, 6.45) is 2.37. The number of hydrogen-bond donors (Lipinski definition) is 2. The van der Waals surface area contributed by atoms with Crippen LogP contribution in [-0.4, -0.2) is 37.4 Å². The van der Waals surface area contributed by atoms with Gasteiger partial charge < -0.3 is 14.8 Å². The molecule has 2 aromatic heterocycles. The Bertz CT molecular complexity index is 1360. The van der Waals surface area contributed by atoms with Gasteiger partial charge in [0.1, 0.15) is 11.6 Å². The number of benzene rings is 2. The zero-order valence-electron chi connectivity index (χ0n) is 15.8. The van der Waals surface area contributed by atoms with Crippen LogP contribution in [0.2, 0.25) is 5.02 Å². The number of aromatic nitrogens is 4. The summed E-state index contributed by atoms with van der Waals surface area (Å²) in [4.78, 5) is 31.6. The number of para-hydroxylation sites is 1. The van der Waals surface area contributed by atoms with Crippen LogP contribution < -0.4 is 10.2 Å². The van der Waals surface area contributed by atoms with E-state index in [1.165, 1.54) is 17.5 Å². The van der Waals surface area contributed by atoms with Gasteiger partial charge in [-0.15, -0.1) is 0 Å². The smallest absolute Gasteiger partial charge is 0.360 e. The van der Waals surface area contributed by atoms with Crippen molar-refractivity contribution in [3.05, 3.63) is 63.2 Å². The second-order valence-electron chi connectivity index (χ2n) is 7.40. The number of carbonyl (C=O) groups is 1. The Morgan fingerprint density at radius 2 is 2.10 bits per heavy atom. The molecule has 2 heterocycles. The van der Waals surface area contributed by atoms with Crippen molar-refractivity contribution in [2.75, 3.05) is 6.61 Å². The molecule has 0 aliphatic heterocycles. The number of aromatic amines is 1. The summed E-state index contributed by atoms with van der Waals surface area (Å²) in [6.45, 7) is 0.805. The quantitative estimate of drug-likeness (QED) is 0.490. The Morgan fingerprint density at radius 1 is 1.30 bits per heavy atom. The number of carboxylic acids is 1. The largest absolute Gasteiger partial charge is 0.492 e. The molecule has 1 aliphatic rings. The van der Waals surface area contributed by atoms with Crippen LogP contribution in [0.15, 0.2) is 41.2 Å². The molecule has 1 fully saturated rings. The minimum Gasteiger partial charge on any atom is -0.492 e. The molecule has 1 aliphatic carbocycles. The minimum atomic E-state index is -1.37. The second kappa shape index (κ2) is 7.14. The monoisotopic (exact) mass is 424 g/mol. The molecule has 0 radical (unpaired) electrons. The second-order valence-corrected chi connectivity index (χ2v) is 7.80. The molecule has 2 N–H and O–H groups in total. The highest BCUT2D eigenvalue weighted by Crippen LogP contribution is 2.33. The highest BCUT2D eigenvalue weighted by atomic mass is 35.5. The van der Waals surface area contributed by atoms with Crippen LogP contribution in [0, 0.1) is 5.92 Å². The molecule has 9 heteroatoms. The van der Waals surface area contributed by atoms with Crippen molar-refractivity contribution in [3.8, 4) is 5.75 Å². The fourth-order valence-corrected chi connectivity index (χ4v) is 3.60. The van der Waals surface area contributed by atoms with E-state index in [4.69, 9.17) is 16.3 Å². The third-order valence-electron chi connectivity index (χ3n) is 5.12. The number of nitrogens with zero attached hydrogens (tertiary/aromatic N) is 3. The van der Waals surface area contributed by atoms with Gasteiger partial charge in [-0.3, -0.25) is 9.48 Å². The normalized spacial score (nSPS) is 13.8. The van der Waals surface area contributed by atoms with E-state index in [-0.39, 0.29) is 6.54 Å². The molecule has 30 heavy (non-hydrogen) atoms. The average molecular weight is 425 g/mol. The predicted molar refractivity (Wildman–Crippen MR) is 111 cm³/mol. The first-order valence-corrected chi connectivity index (χ1v) is 9.91. The topological polar surface area (TPSA) is 110 Å². The molecule has 5 rings (SSSR count). The van der Waals surface area contributed by atoms with E-state index >= 15 is 0 Å². The molecule has 0 atom stereocenters. The van der Waals surface area contributed by atoms with Crippen LogP contribution >= 0.6 is 11.6 Å². The van der Waals surface area contributed by atoms with Crippen LogP contribution in [0.25, 0.3) is 21.9 Å². The van der Waals surface area contributed by atoms with Crippen molar-refractivity contribution in [2.45, 2.75) is 19.4 Å². The molecule has 0 spiro atoms. The molecule has 4 aromatic rings. The number of halogens is 1. The van der Waals surface area contributed by atoms with E-state index < -0.39 is 17.1 Å². The molecule has 0 bridgehead atoms. The van der Waals surface area contributed by atoms with Crippen LogP contribution in [0.1, 0.15) is 29.2 Å². The highest BCUT2D eigenvalue weighted by molar-refractivity contribution is 6.32. The van der Waals surface area contributed by atoms with Gasteiger partial charge >= 0.3 is 5.97 Å². The number of aromatic carboxylic acids is 1. The molecule has 0 unspecified atom stereocenters. The number of imidazole rings is 1. The first-order chi connectivity index (χ1) is 14.5. The number of carboxylic acid groups (broad SMARTS) is 1. The molecular formula is C21H17ClN4O4. The summed E-state index contributed by atoms with van der Waals surface area (Å²) in [5.41, 5.74) is 0.813. The predicted octanol–water partition coefficient (Wildman–Crippen LogP) is 3.46. The highest BCUT2D eigenvalue weighted by Gasteiger charge is 2.23. The summed E-state index contributed by atoms with van der Waals surface area (Å²) < 4.78 is 7.27. The molecule has 0 saturated heterocycles. The Morgan fingerprint density at radius 3 is 2.87 bits per heavy atom. The van der Waals surface area contributed by atoms with Gasteiger partial charge in [-0.05, 0) is 37.0 Å². The lowest BCUT2D eigenvalue weighted by molar-refractivity contribution is 0.0686. The zero-order valence-corrected chi connectivity index (χ0v) is 16.5. The molecule has 0 amide bonds. The lowest BCUT2D eigenvalue weighted by Crippen LogP contribution is -2.23. The summed E-state index contributed by atoms with van der Waals surface area (Å²) in [5.74, 6) is 0.385. The third kappa shape index (κ3) is 3.39. The SMILES string of the molecule is O=C(O)c1nn(Cc2nc3cc(OCC4CC4)c(Cl)cc3[nH]2)c2ccccc2c1=O. The Balaban J connectivity index is 1.53. The lowest BCUT2D eigenvalue weighted by atomic mass is 10.2. The number of fused-ring (bicyclic) bond motifs is 2. The van der Waals surface area contributed by atoms with E-state index in [0.717, 1.165) is 5.52 Å². The van der Waals surface area contributed by atoms with Gasteiger partial charge in [-0.1, -0.05) is 23.7 Å². The fraction of sp³-hybridized carbons (Fsp3) is 0.238. The van der Waals surface area contributed by atoms with Crippen LogP contribution in [0.3, 0.4) is 0 Å². The first kappa shape index (κ1) is 18.6. The average Bonchev–Trinajstić information content (AvgIpc) is 3.48. The Hall–Kier alpha value is -3.39. The fourth-order valence-electron chi connectivity index (χ4n) is 3.38. The van der Waals surface area contributed by atoms with Gasteiger partial charge in [-0.2, -0.15) is 5.10 Å². The number of rotatable bonds is 6. The maximum atomic E-state index is 12.4. The third-order valence-corrected chi connectivity index (χ3v) is 5.42. The number of hydrogen-bond acceptors (Lipinski definition) is 5. The van der Waals surface area contributed by atoms with Gasteiger partial charge in [0.25, 0.3) is 0 Å². The van der Waals surface area contributed by atoms with Crippen molar-refractivity contribution in [3.63, 3.8) is 0 Å². The minimum absolute atomic E-state index is 0.158. The number of nitrogens with one attached hydrogen (secondary N) is 1. The summed E-state index contributed by atoms with van der Waals surface area (Å²) >= 11 is 6.34. The van der Waals surface area contributed by atoms with E-state index in [9.17, 15) is 14.7 Å². The van der Waals surface area contributed by atoms with Crippen molar-refractivity contribution in [1.82, 2.24) is 19.7 Å². The van der Waals surface area contributed by atoms with Gasteiger partial charge in [0.05, 0.1) is 34.7 Å². The molecule has 1 saturated carbocycles. The van der Waals surface area contributed by atoms with Crippen molar-refractivity contribution < 1.29 is 14.6 Å². The molecular weight excluding hydrogens is 408 g/mol. The van der Waals surface area contributed by atoms with Crippen LogP contribution in [0.5, 0.6) is 5.75 Å². The molecule has 8 nitrogen and oxygen atoms in total. The Kier molecular flexibility index (Phi) is 4.43. The maximum absolute atomic E-state index is 12.4. The van der Waals surface area contributed by atoms with Crippen molar-refractivity contribution >= 4 is 39.5 Å².